The van der Waals surface area contributed by atoms with Crippen molar-refractivity contribution in [1.82, 2.24) is 9.62 Å². The van der Waals surface area contributed by atoms with E-state index in [9.17, 15) is 14.4 Å². The van der Waals surface area contributed by atoms with Crippen LogP contribution in [0.2, 0.25) is 0 Å². The molecule has 0 saturated heterocycles. The second-order valence-corrected chi connectivity index (χ2v) is 6.08. The highest BCUT2D eigenvalue weighted by Crippen LogP contribution is 2.16. The van der Waals surface area contributed by atoms with Crippen molar-refractivity contribution in [1.29, 1.82) is 0 Å². The molecule has 0 spiro atoms. The first-order chi connectivity index (χ1) is 10.4. The van der Waals surface area contributed by atoms with Crippen LogP contribution >= 0.6 is 25.4 Å². The van der Waals surface area contributed by atoms with E-state index in [0.717, 1.165) is 6.42 Å². The van der Waals surface area contributed by atoms with E-state index in [-0.39, 0.29) is 17.6 Å². The normalized spacial score (nSPS) is 13.9. The Bertz CT molecular complexity index is 400. The van der Waals surface area contributed by atoms with Gasteiger partial charge in [0.05, 0.1) is 6.04 Å². The molecule has 0 saturated carbocycles. The van der Waals surface area contributed by atoms with E-state index in [4.69, 9.17) is 0 Å². The van der Waals surface area contributed by atoms with Gasteiger partial charge in [0, 0.05) is 12.2 Å². The summed E-state index contributed by atoms with van der Waals surface area (Å²) in [6.45, 7) is 5.68. The van der Waals surface area contributed by atoms with Crippen LogP contribution in [0.15, 0.2) is 12.2 Å². The van der Waals surface area contributed by atoms with Crippen molar-refractivity contribution < 1.29 is 14.4 Å². The molecule has 0 aliphatic carbocycles. The molecule has 0 aromatic rings. The van der Waals surface area contributed by atoms with E-state index in [2.05, 4.69) is 30.8 Å². The minimum absolute atomic E-state index is 0.125. The lowest BCUT2D eigenvalue weighted by Crippen LogP contribution is -2.51. The van der Waals surface area contributed by atoms with Crippen LogP contribution in [-0.4, -0.2) is 40.2 Å². The van der Waals surface area contributed by atoms with Gasteiger partial charge in [0.25, 0.3) is 0 Å². The smallest absolute Gasteiger partial charge is 0.244 e. The number of aldehydes is 1. The minimum Gasteiger partial charge on any atom is -0.344 e. The summed E-state index contributed by atoms with van der Waals surface area (Å²) >= 11 is 8.19. The predicted molar refractivity (Wildman–Crippen MR) is 95.0 cm³/mol. The van der Waals surface area contributed by atoms with Gasteiger partial charge in [0.1, 0.15) is 12.3 Å². The maximum Gasteiger partial charge on any atom is 0.244 e. The Balaban J connectivity index is 4.78. The molecule has 0 aromatic carbocycles. The molecule has 5 nitrogen and oxygen atoms in total. The molecule has 0 aromatic heterocycles. The second-order valence-electron chi connectivity index (χ2n) is 5.28. The number of carbonyl (C=O) groups excluding carboxylic acids is 3. The zero-order chi connectivity index (χ0) is 17.1. The lowest BCUT2D eigenvalue weighted by molar-refractivity contribution is -0.136. The molecule has 0 aliphatic rings. The van der Waals surface area contributed by atoms with Gasteiger partial charge in [0.15, 0.2) is 0 Å². The largest absolute Gasteiger partial charge is 0.344 e. The molecule has 7 heteroatoms. The van der Waals surface area contributed by atoms with Crippen molar-refractivity contribution in [2.45, 2.75) is 52.1 Å². The van der Waals surface area contributed by atoms with Crippen molar-refractivity contribution in [3.8, 4) is 0 Å². The van der Waals surface area contributed by atoms with Crippen molar-refractivity contribution in [2.75, 3.05) is 5.75 Å². The van der Waals surface area contributed by atoms with Crippen molar-refractivity contribution in [2.24, 2.45) is 5.92 Å². The number of nitrogens with zero attached hydrogens (tertiary/aromatic N) is 1. The summed E-state index contributed by atoms with van der Waals surface area (Å²) in [6.07, 6.45) is 6.39. The topological polar surface area (TPSA) is 66.5 Å². The summed E-state index contributed by atoms with van der Waals surface area (Å²) in [4.78, 5) is 35.2. The first-order valence-electron chi connectivity index (χ1n) is 7.41. The van der Waals surface area contributed by atoms with Gasteiger partial charge in [-0.15, -0.1) is 0 Å². The molecule has 0 radical (unpaired) electrons. The summed E-state index contributed by atoms with van der Waals surface area (Å²) in [5.74, 6) is -0.525. The van der Waals surface area contributed by atoms with E-state index in [1.165, 1.54) is 4.31 Å². The third-order valence-electron chi connectivity index (χ3n) is 3.03. The summed E-state index contributed by atoms with van der Waals surface area (Å²) in [5.41, 5.74) is 0. The van der Waals surface area contributed by atoms with Gasteiger partial charge in [-0.1, -0.05) is 45.7 Å². The molecule has 0 aliphatic heterocycles. The summed E-state index contributed by atoms with van der Waals surface area (Å²) in [6, 6.07) is -1.39. The Hall–Kier alpha value is -0.950. The number of carbonyl (C=O) groups is 3. The molecule has 22 heavy (non-hydrogen) atoms. The Kier molecular flexibility index (Phi) is 11.1. The first kappa shape index (κ1) is 21.0. The molecule has 0 rings (SSSR count). The van der Waals surface area contributed by atoms with Gasteiger partial charge in [0.2, 0.25) is 11.8 Å². The van der Waals surface area contributed by atoms with Gasteiger partial charge in [-0.2, -0.15) is 12.6 Å². The summed E-state index contributed by atoms with van der Waals surface area (Å²) in [7, 11) is 0. The summed E-state index contributed by atoms with van der Waals surface area (Å²) in [5, 5.41) is 2.57. The average molecular weight is 347 g/mol. The number of hydrogen-bond donors (Lipinski definition) is 3. The predicted octanol–water partition coefficient (Wildman–Crippen LogP) is 2.04. The fourth-order valence-electron chi connectivity index (χ4n) is 1.85. The number of nitrogens with one attached hydrogen (secondary N) is 1. The zero-order valence-corrected chi connectivity index (χ0v) is 15.1. The van der Waals surface area contributed by atoms with Crippen LogP contribution in [0.25, 0.3) is 0 Å². The van der Waals surface area contributed by atoms with Crippen LogP contribution < -0.4 is 5.32 Å². The van der Waals surface area contributed by atoms with Gasteiger partial charge in [-0.05, 0) is 18.8 Å². The molecule has 126 valence electrons. The lowest BCUT2D eigenvalue weighted by atomic mass is 10.0. The highest BCUT2D eigenvalue weighted by Gasteiger charge is 2.31. The van der Waals surface area contributed by atoms with Gasteiger partial charge in [-0.3, -0.25) is 13.9 Å². The van der Waals surface area contributed by atoms with Crippen LogP contribution in [0.5, 0.6) is 0 Å². The van der Waals surface area contributed by atoms with E-state index < -0.39 is 18.0 Å². The van der Waals surface area contributed by atoms with Gasteiger partial charge >= 0.3 is 0 Å². The average Bonchev–Trinajstić information content (AvgIpc) is 2.48. The first-order valence-corrected chi connectivity index (χ1v) is 8.44. The van der Waals surface area contributed by atoms with Crippen LogP contribution in [0.3, 0.4) is 0 Å². The van der Waals surface area contributed by atoms with Crippen LogP contribution in [-0.2, 0) is 14.4 Å². The fourth-order valence-corrected chi connectivity index (χ4v) is 2.50. The zero-order valence-electron chi connectivity index (χ0n) is 13.4. The number of rotatable bonds is 10. The van der Waals surface area contributed by atoms with Gasteiger partial charge < -0.3 is 10.1 Å². The van der Waals surface area contributed by atoms with Crippen molar-refractivity contribution in [3.05, 3.63) is 12.2 Å². The Morgan fingerprint density at radius 2 is 1.91 bits per heavy atom. The van der Waals surface area contributed by atoms with Crippen LogP contribution in [0.1, 0.15) is 40.0 Å². The molecule has 2 atom stereocenters. The minimum atomic E-state index is -0.728. The highest BCUT2D eigenvalue weighted by atomic mass is 32.1. The monoisotopic (exact) mass is 346 g/mol. The fraction of sp³-hybridized carbons (Fsp3) is 0.667. The Morgan fingerprint density at radius 3 is 2.36 bits per heavy atom. The van der Waals surface area contributed by atoms with Crippen LogP contribution in [0.4, 0.5) is 0 Å². The molecular formula is C15H26N2O3S2. The second kappa shape index (κ2) is 11.6. The molecular weight excluding hydrogens is 320 g/mol. The summed E-state index contributed by atoms with van der Waals surface area (Å²) < 4.78 is 1.17. The maximum absolute atomic E-state index is 12.3. The third-order valence-corrected chi connectivity index (χ3v) is 3.90. The molecule has 0 unspecified atom stereocenters. The molecule has 1 N–H and O–H groups in total. The maximum atomic E-state index is 12.3. The van der Waals surface area contributed by atoms with E-state index >= 15 is 0 Å². The molecule has 0 fully saturated rings. The Labute approximate surface area is 143 Å². The SMILES string of the molecule is CC/C=C/CCC(=O)N(S)[C@@H](C(=O)N[C@@H](C=O)CS)C(C)C. The van der Waals surface area contributed by atoms with E-state index in [1.807, 2.05) is 32.9 Å². The quantitative estimate of drug-likeness (QED) is 0.322. The number of thiol groups is 2. The highest BCUT2D eigenvalue weighted by molar-refractivity contribution is 7.80. The number of hydrogen-bond acceptors (Lipinski definition) is 5. The van der Waals surface area contributed by atoms with Crippen molar-refractivity contribution in [3.63, 3.8) is 0 Å². The Morgan fingerprint density at radius 1 is 1.27 bits per heavy atom. The third kappa shape index (κ3) is 7.35. The number of allylic oxidation sites excluding steroid dienone is 2. The molecule has 0 bridgehead atoms. The molecule has 0 heterocycles. The number of amides is 2. The van der Waals surface area contributed by atoms with Gasteiger partial charge in [-0.25, -0.2) is 0 Å². The van der Waals surface area contributed by atoms with Crippen LogP contribution in [0, 0.1) is 5.92 Å². The van der Waals surface area contributed by atoms with Crippen molar-refractivity contribution >= 4 is 43.5 Å². The van der Waals surface area contributed by atoms with E-state index in [1.54, 1.807) is 0 Å². The molecule has 2 amide bonds. The lowest BCUT2D eigenvalue weighted by Gasteiger charge is -2.29. The standard InChI is InChI=1S/C15H26N2O3S2/c1-4-5-6-7-8-13(19)17(22)14(11(2)3)15(20)16-12(9-18)10-21/h5-6,9,11-12,14,21-22H,4,7-8,10H2,1-3H3,(H,16,20)/b6-5+/t12-,14+/m0/s1. The van der Waals surface area contributed by atoms with E-state index in [0.29, 0.717) is 19.1 Å².